The maximum atomic E-state index is 8.63. The summed E-state index contributed by atoms with van der Waals surface area (Å²) in [4.78, 5) is 0. The lowest BCUT2D eigenvalue weighted by molar-refractivity contribution is 0.275. The highest BCUT2D eigenvalue weighted by atomic mass is 16.3. The molecule has 0 fully saturated rings. The lowest BCUT2D eigenvalue weighted by atomic mass is 10.0. The van der Waals surface area contributed by atoms with Crippen molar-refractivity contribution in [3.8, 4) is 0 Å². The Bertz CT molecular complexity index is 211. The van der Waals surface area contributed by atoms with Crippen LogP contribution in [-0.2, 0) is 6.42 Å². The number of hydrogen-bond acceptors (Lipinski definition) is 2. The van der Waals surface area contributed by atoms with Crippen molar-refractivity contribution < 1.29 is 5.11 Å². The van der Waals surface area contributed by atoms with Gasteiger partial charge in [0.2, 0.25) is 0 Å². The molecular weight excluding hydrogens is 174 g/mol. The minimum atomic E-state index is 0.0809. The van der Waals surface area contributed by atoms with Crippen molar-refractivity contribution >= 4 is 0 Å². The van der Waals surface area contributed by atoms with E-state index in [4.69, 9.17) is 10.8 Å². The van der Waals surface area contributed by atoms with Crippen molar-refractivity contribution in [2.24, 2.45) is 5.73 Å². The van der Waals surface area contributed by atoms with Crippen molar-refractivity contribution in [2.45, 2.75) is 32.7 Å². The van der Waals surface area contributed by atoms with E-state index in [-0.39, 0.29) is 12.6 Å². The van der Waals surface area contributed by atoms with Gasteiger partial charge in [-0.1, -0.05) is 44.2 Å². The second kappa shape index (κ2) is 8.73. The van der Waals surface area contributed by atoms with E-state index < -0.39 is 0 Å². The molecule has 0 amide bonds. The molecule has 0 aliphatic carbocycles. The second-order valence-electron chi connectivity index (χ2n) is 2.96. The molecular formula is C12H21NO. The number of benzene rings is 1. The Hall–Kier alpha value is -0.860. The fourth-order valence-electron chi connectivity index (χ4n) is 1.18. The van der Waals surface area contributed by atoms with Gasteiger partial charge in [0.1, 0.15) is 0 Å². The zero-order chi connectivity index (χ0) is 10.8. The molecule has 0 unspecified atom stereocenters. The highest BCUT2D eigenvalue weighted by Gasteiger charge is 2.01. The van der Waals surface area contributed by atoms with E-state index in [1.54, 1.807) is 0 Å². The summed E-state index contributed by atoms with van der Waals surface area (Å²) in [6, 6.07) is 10.2. The summed E-state index contributed by atoms with van der Waals surface area (Å²) >= 11 is 0. The summed E-state index contributed by atoms with van der Waals surface area (Å²) in [5, 5.41) is 8.63. The van der Waals surface area contributed by atoms with Crippen molar-refractivity contribution in [1.82, 2.24) is 0 Å². The summed E-state index contributed by atoms with van der Waals surface area (Å²) < 4.78 is 0. The first-order chi connectivity index (χ1) is 6.83. The molecule has 1 atom stereocenters. The predicted molar refractivity (Wildman–Crippen MR) is 61.2 cm³/mol. The summed E-state index contributed by atoms with van der Waals surface area (Å²) in [5.41, 5.74) is 6.99. The van der Waals surface area contributed by atoms with Crippen LogP contribution >= 0.6 is 0 Å². The first-order valence-electron chi connectivity index (χ1n) is 5.23. The van der Waals surface area contributed by atoms with E-state index in [0.29, 0.717) is 6.42 Å². The molecule has 0 aromatic heterocycles. The maximum absolute atomic E-state index is 8.63. The highest BCUT2D eigenvalue weighted by Crippen LogP contribution is 2.03. The van der Waals surface area contributed by atoms with Crippen LogP contribution in [0.25, 0.3) is 0 Å². The van der Waals surface area contributed by atoms with Crippen LogP contribution in [0.2, 0.25) is 0 Å². The first kappa shape index (κ1) is 13.1. The number of aliphatic hydroxyl groups excluding tert-OH is 1. The number of rotatable bonds is 4. The summed E-state index contributed by atoms with van der Waals surface area (Å²) in [6.07, 6.45) is 1.52. The SMILES string of the molecule is CC.N[C@H](CCO)Cc1ccccc1. The molecule has 0 radical (unpaired) electrons. The summed E-state index contributed by atoms with van der Waals surface area (Å²) in [5.74, 6) is 0. The molecule has 1 rings (SSSR count). The molecule has 0 saturated carbocycles. The molecule has 0 aliphatic rings. The van der Waals surface area contributed by atoms with Gasteiger partial charge in [-0.2, -0.15) is 0 Å². The van der Waals surface area contributed by atoms with Gasteiger partial charge in [-0.25, -0.2) is 0 Å². The fourth-order valence-corrected chi connectivity index (χ4v) is 1.18. The van der Waals surface area contributed by atoms with E-state index in [1.807, 2.05) is 32.0 Å². The molecule has 0 spiro atoms. The Morgan fingerprint density at radius 2 is 1.79 bits per heavy atom. The van der Waals surface area contributed by atoms with Crippen molar-refractivity contribution in [1.29, 1.82) is 0 Å². The average molecular weight is 195 g/mol. The third kappa shape index (κ3) is 5.73. The quantitative estimate of drug-likeness (QED) is 0.771. The Kier molecular flexibility index (Phi) is 8.19. The molecule has 0 aliphatic heterocycles. The molecule has 0 saturated heterocycles. The van der Waals surface area contributed by atoms with Crippen LogP contribution < -0.4 is 5.73 Å². The number of hydrogen-bond donors (Lipinski definition) is 2. The van der Waals surface area contributed by atoms with Gasteiger partial charge < -0.3 is 10.8 Å². The second-order valence-corrected chi connectivity index (χ2v) is 2.96. The number of aliphatic hydroxyl groups is 1. The van der Waals surface area contributed by atoms with Crippen LogP contribution in [0.5, 0.6) is 0 Å². The van der Waals surface area contributed by atoms with Gasteiger partial charge in [0.05, 0.1) is 0 Å². The zero-order valence-electron chi connectivity index (χ0n) is 9.11. The van der Waals surface area contributed by atoms with Crippen LogP contribution in [0.1, 0.15) is 25.8 Å². The van der Waals surface area contributed by atoms with Crippen molar-refractivity contribution in [2.75, 3.05) is 6.61 Å². The van der Waals surface area contributed by atoms with Crippen LogP contribution in [0.4, 0.5) is 0 Å². The van der Waals surface area contributed by atoms with Gasteiger partial charge in [-0.05, 0) is 18.4 Å². The molecule has 1 aromatic rings. The number of nitrogens with two attached hydrogens (primary N) is 1. The molecule has 0 bridgehead atoms. The van der Waals surface area contributed by atoms with Gasteiger partial charge in [0.25, 0.3) is 0 Å². The van der Waals surface area contributed by atoms with Crippen LogP contribution in [0, 0.1) is 0 Å². The minimum absolute atomic E-state index is 0.0809. The lowest BCUT2D eigenvalue weighted by Gasteiger charge is -2.08. The molecule has 0 heterocycles. The Balaban J connectivity index is 0.000000791. The molecule has 80 valence electrons. The van der Waals surface area contributed by atoms with E-state index in [0.717, 1.165) is 6.42 Å². The van der Waals surface area contributed by atoms with E-state index in [9.17, 15) is 0 Å². The highest BCUT2D eigenvalue weighted by molar-refractivity contribution is 5.15. The molecule has 3 N–H and O–H groups in total. The van der Waals surface area contributed by atoms with Crippen LogP contribution in [0.3, 0.4) is 0 Å². The van der Waals surface area contributed by atoms with E-state index in [2.05, 4.69) is 12.1 Å². The Labute approximate surface area is 86.8 Å². The smallest absolute Gasteiger partial charge is 0.0445 e. The average Bonchev–Trinajstić information content (AvgIpc) is 2.22. The van der Waals surface area contributed by atoms with Gasteiger partial charge in [0.15, 0.2) is 0 Å². The van der Waals surface area contributed by atoms with Crippen LogP contribution in [0.15, 0.2) is 30.3 Å². The third-order valence-corrected chi connectivity index (χ3v) is 1.84. The van der Waals surface area contributed by atoms with Gasteiger partial charge in [0, 0.05) is 12.6 Å². The topological polar surface area (TPSA) is 46.2 Å². The van der Waals surface area contributed by atoms with E-state index >= 15 is 0 Å². The standard InChI is InChI=1S/C10H15NO.C2H6/c11-10(6-7-12)8-9-4-2-1-3-5-9;1-2/h1-5,10,12H,6-8,11H2;1-2H3/t10-;/m1./s1. The normalized spacial score (nSPS) is 11.4. The summed E-state index contributed by atoms with van der Waals surface area (Å²) in [7, 11) is 0. The minimum Gasteiger partial charge on any atom is -0.396 e. The maximum Gasteiger partial charge on any atom is 0.0445 e. The molecule has 1 aromatic carbocycles. The molecule has 2 nitrogen and oxygen atoms in total. The Morgan fingerprint density at radius 1 is 1.21 bits per heavy atom. The predicted octanol–water partition coefficient (Wildman–Crippen LogP) is 1.96. The fraction of sp³-hybridized carbons (Fsp3) is 0.500. The lowest BCUT2D eigenvalue weighted by Crippen LogP contribution is -2.23. The Morgan fingerprint density at radius 3 is 2.29 bits per heavy atom. The van der Waals surface area contributed by atoms with Gasteiger partial charge in [-0.3, -0.25) is 0 Å². The van der Waals surface area contributed by atoms with Crippen LogP contribution in [-0.4, -0.2) is 17.8 Å². The summed E-state index contributed by atoms with van der Waals surface area (Å²) in [6.45, 7) is 4.17. The molecule has 2 heteroatoms. The van der Waals surface area contributed by atoms with Crippen molar-refractivity contribution in [3.05, 3.63) is 35.9 Å². The van der Waals surface area contributed by atoms with Crippen molar-refractivity contribution in [3.63, 3.8) is 0 Å². The monoisotopic (exact) mass is 195 g/mol. The van der Waals surface area contributed by atoms with Gasteiger partial charge in [-0.15, -0.1) is 0 Å². The molecule has 14 heavy (non-hydrogen) atoms. The van der Waals surface area contributed by atoms with E-state index in [1.165, 1.54) is 5.56 Å². The first-order valence-corrected chi connectivity index (χ1v) is 5.23. The van der Waals surface area contributed by atoms with Gasteiger partial charge >= 0.3 is 0 Å². The third-order valence-electron chi connectivity index (χ3n) is 1.84. The zero-order valence-corrected chi connectivity index (χ0v) is 9.11. The largest absolute Gasteiger partial charge is 0.396 e.